The van der Waals surface area contributed by atoms with E-state index in [9.17, 15) is 10.1 Å². The van der Waals surface area contributed by atoms with Gasteiger partial charge in [-0.15, -0.1) is 0 Å². The van der Waals surface area contributed by atoms with Crippen LogP contribution in [0.4, 0.5) is 5.69 Å². The van der Waals surface area contributed by atoms with Crippen molar-refractivity contribution < 1.29 is 4.79 Å². The van der Waals surface area contributed by atoms with Crippen LogP contribution in [0.1, 0.15) is 24.8 Å². The molecule has 1 amide bonds. The second-order valence-corrected chi connectivity index (χ2v) is 4.70. The van der Waals surface area contributed by atoms with Crippen LogP contribution in [0.15, 0.2) is 24.3 Å². The molecule has 0 heterocycles. The molecule has 0 radical (unpaired) electrons. The van der Waals surface area contributed by atoms with Crippen molar-refractivity contribution in [3.8, 4) is 6.07 Å². The fraction of sp³-hybridized carbons (Fsp3) is 0.429. The Kier molecular flexibility index (Phi) is 2.89. The van der Waals surface area contributed by atoms with Crippen LogP contribution in [0.3, 0.4) is 0 Å². The number of benzene rings is 1. The summed E-state index contributed by atoms with van der Waals surface area (Å²) in [6, 6.07) is 9.93. The van der Waals surface area contributed by atoms with Crippen molar-refractivity contribution >= 4 is 11.6 Å². The predicted molar refractivity (Wildman–Crippen MR) is 66.5 cm³/mol. The van der Waals surface area contributed by atoms with Gasteiger partial charge in [0.2, 0.25) is 5.91 Å². The summed E-state index contributed by atoms with van der Waals surface area (Å²) in [4.78, 5) is 14.0. The second-order valence-electron chi connectivity index (χ2n) is 4.70. The van der Waals surface area contributed by atoms with E-state index in [4.69, 9.17) is 0 Å². The molecule has 3 nitrogen and oxygen atoms in total. The summed E-state index contributed by atoms with van der Waals surface area (Å²) in [6.45, 7) is 1.97. The van der Waals surface area contributed by atoms with Crippen LogP contribution in [-0.4, -0.2) is 13.0 Å². The molecule has 0 bridgehead atoms. The SMILES string of the molecule is Cc1ccccc1N(C)C(=O)C1(C#N)CCC1. The van der Waals surface area contributed by atoms with Gasteiger partial charge in [0, 0.05) is 12.7 Å². The van der Waals surface area contributed by atoms with Crippen LogP contribution < -0.4 is 4.90 Å². The van der Waals surface area contributed by atoms with E-state index in [1.807, 2.05) is 31.2 Å². The summed E-state index contributed by atoms with van der Waals surface area (Å²) in [5.41, 5.74) is 1.17. The maximum atomic E-state index is 12.3. The number of hydrogen-bond acceptors (Lipinski definition) is 2. The Morgan fingerprint density at radius 1 is 1.41 bits per heavy atom. The first-order valence-corrected chi connectivity index (χ1v) is 5.86. The topological polar surface area (TPSA) is 44.1 Å². The number of hydrogen-bond donors (Lipinski definition) is 0. The van der Waals surface area contributed by atoms with Gasteiger partial charge in [-0.25, -0.2) is 0 Å². The highest BCUT2D eigenvalue weighted by Crippen LogP contribution is 2.42. The van der Waals surface area contributed by atoms with Crippen molar-refractivity contribution in [3.63, 3.8) is 0 Å². The average molecular weight is 228 g/mol. The van der Waals surface area contributed by atoms with Crippen LogP contribution in [-0.2, 0) is 4.79 Å². The Labute approximate surface area is 102 Å². The molecular weight excluding hydrogens is 212 g/mol. The molecule has 0 N–H and O–H groups in total. The third-order valence-electron chi connectivity index (χ3n) is 3.61. The zero-order chi connectivity index (χ0) is 12.5. The van der Waals surface area contributed by atoms with Crippen LogP contribution in [0.5, 0.6) is 0 Å². The van der Waals surface area contributed by atoms with Gasteiger partial charge >= 0.3 is 0 Å². The molecule has 3 heteroatoms. The quantitative estimate of drug-likeness (QED) is 0.781. The van der Waals surface area contributed by atoms with Crippen LogP contribution in [0, 0.1) is 23.7 Å². The number of aryl methyl sites for hydroxylation is 1. The van der Waals surface area contributed by atoms with Gasteiger partial charge in [0.05, 0.1) is 6.07 Å². The van der Waals surface area contributed by atoms with Crippen molar-refractivity contribution in [3.05, 3.63) is 29.8 Å². The molecule has 1 aromatic carbocycles. The van der Waals surface area contributed by atoms with E-state index in [2.05, 4.69) is 6.07 Å². The molecule has 1 fully saturated rings. The lowest BCUT2D eigenvalue weighted by atomic mass is 9.69. The highest BCUT2D eigenvalue weighted by atomic mass is 16.2. The fourth-order valence-corrected chi connectivity index (χ4v) is 2.27. The molecule has 0 spiro atoms. The molecule has 1 aromatic rings. The van der Waals surface area contributed by atoms with Gasteiger partial charge in [-0.1, -0.05) is 18.2 Å². The minimum Gasteiger partial charge on any atom is -0.314 e. The van der Waals surface area contributed by atoms with E-state index < -0.39 is 5.41 Å². The van der Waals surface area contributed by atoms with Crippen molar-refractivity contribution in [2.24, 2.45) is 5.41 Å². The van der Waals surface area contributed by atoms with E-state index in [-0.39, 0.29) is 5.91 Å². The maximum absolute atomic E-state index is 12.3. The Balaban J connectivity index is 2.27. The molecule has 17 heavy (non-hydrogen) atoms. The number of rotatable bonds is 2. The minimum atomic E-state index is -0.767. The molecule has 1 saturated carbocycles. The molecule has 0 atom stereocenters. The first kappa shape index (κ1) is 11.7. The molecule has 0 aromatic heterocycles. The van der Waals surface area contributed by atoms with E-state index in [1.54, 1.807) is 11.9 Å². The molecule has 88 valence electrons. The normalized spacial score (nSPS) is 16.8. The molecular formula is C14H16N2O. The number of amides is 1. The summed E-state index contributed by atoms with van der Waals surface area (Å²) in [7, 11) is 1.75. The Hall–Kier alpha value is -1.82. The molecule has 1 aliphatic carbocycles. The van der Waals surface area contributed by atoms with Gasteiger partial charge in [0.1, 0.15) is 5.41 Å². The van der Waals surface area contributed by atoms with Gasteiger partial charge in [-0.3, -0.25) is 4.79 Å². The first-order chi connectivity index (χ1) is 8.10. The summed E-state index contributed by atoms with van der Waals surface area (Å²) in [5.74, 6) is -0.0689. The molecule has 0 aliphatic heterocycles. The van der Waals surface area contributed by atoms with E-state index in [1.165, 1.54) is 0 Å². The molecule has 2 rings (SSSR count). The van der Waals surface area contributed by atoms with Gasteiger partial charge < -0.3 is 4.90 Å². The second kappa shape index (κ2) is 4.21. The zero-order valence-corrected chi connectivity index (χ0v) is 10.2. The third-order valence-corrected chi connectivity index (χ3v) is 3.61. The average Bonchev–Trinajstić information content (AvgIpc) is 2.28. The Morgan fingerprint density at radius 3 is 2.53 bits per heavy atom. The van der Waals surface area contributed by atoms with Crippen LogP contribution in [0.25, 0.3) is 0 Å². The maximum Gasteiger partial charge on any atom is 0.247 e. The number of carbonyl (C=O) groups is 1. The van der Waals surface area contributed by atoms with Crippen LogP contribution in [0.2, 0.25) is 0 Å². The standard InChI is InChI=1S/C14H16N2O/c1-11-6-3-4-7-12(11)16(2)13(17)14(10-15)8-5-9-14/h3-4,6-7H,5,8-9H2,1-2H3. The lowest BCUT2D eigenvalue weighted by Gasteiger charge is -2.37. The Bertz CT molecular complexity index is 483. The summed E-state index contributed by atoms with van der Waals surface area (Å²) in [5, 5.41) is 9.17. The highest BCUT2D eigenvalue weighted by Gasteiger charge is 2.46. The summed E-state index contributed by atoms with van der Waals surface area (Å²) >= 11 is 0. The molecule has 0 unspecified atom stereocenters. The summed E-state index contributed by atoms with van der Waals surface area (Å²) in [6.07, 6.45) is 2.36. The lowest BCUT2D eigenvalue weighted by molar-refractivity contribution is -0.128. The van der Waals surface area contributed by atoms with Crippen molar-refractivity contribution in [2.45, 2.75) is 26.2 Å². The highest BCUT2D eigenvalue weighted by molar-refractivity contribution is 6.00. The van der Waals surface area contributed by atoms with Gasteiger partial charge in [0.25, 0.3) is 0 Å². The number of anilines is 1. The van der Waals surface area contributed by atoms with Crippen LogP contribution >= 0.6 is 0 Å². The van der Waals surface area contributed by atoms with Crippen molar-refractivity contribution in [2.75, 3.05) is 11.9 Å². The fourth-order valence-electron chi connectivity index (χ4n) is 2.27. The van der Waals surface area contributed by atoms with E-state index in [0.29, 0.717) is 12.8 Å². The van der Waals surface area contributed by atoms with Gasteiger partial charge in [-0.05, 0) is 37.8 Å². The largest absolute Gasteiger partial charge is 0.314 e. The number of para-hydroxylation sites is 1. The predicted octanol–water partition coefficient (Wildman–Crippen LogP) is 2.65. The first-order valence-electron chi connectivity index (χ1n) is 5.86. The molecule has 1 aliphatic rings. The number of nitriles is 1. The van der Waals surface area contributed by atoms with E-state index >= 15 is 0 Å². The minimum absolute atomic E-state index is 0.0689. The van der Waals surface area contributed by atoms with Crippen molar-refractivity contribution in [1.29, 1.82) is 5.26 Å². The van der Waals surface area contributed by atoms with Crippen molar-refractivity contribution in [1.82, 2.24) is 0 Å². The smallest absolute Gasteiger partial charge is 0.247 e. The molecule has 0 saturated heterocycles. The third kappa shape index (κ3) is 1.80. The number of carbonyl (C=O) groups excluding carboxylic acids is 1. The zero-order valence-electron chi connectivity index (χ0n) is 10.2. The van der Waals surface area contributed by atoms with Gasteiger partial charge in [-0.2, -0.15) is 5.26 Å². The Morgan fingerprint density at radius 2 is 2.06 bits per heavy atom. The van der Waals surface area contributed by atoms with E-state index in [0.717, 1.165) is 17.7 Å². The lowest BCUT2D eigenvalue weighted by Crippen LogP contribution is -2.45. The summed E-state index contributed by atoms with van der Waals surface area (Å²) < 4.78 is 0. The van der Waals surface area contributed by atoms with Gasteiger partial charge in [0.15, 0.2) is 0 Å². The number of nitrogens with zero attached hydrogens (tertiary/aromatic N) is 2. The monoisotopic (exact) mass is 228 g/mol.